The van der Waals surface area contributed by atoms with Crippen molar-refractivity contribution in [3.05, 3.63) is 0 Å². The summed E-state index contributed by atoms with van der Waals surface area (Å²) in [5.74, 6) is 1.64. The van der Waals surface area contributed by atoms with Gasteiger partial charge in [-0.15, -0.1) is 24.8 Å². The highest BCUT2D eigenvalue weighted by molar-refractivity contribution is 5.85. The molecule has 168 valence electrons. The first-order valence-corrected chi connectivity index (χ1v) is 11.1. The van der Waals surface area contributed by atoms with E-state index < -0.39 is 0 Å². The Bertz CT molecular complexity index is 563. The predicted octanol–water partition coefficient (Wildman–Crippen LogP) is 2.14. The van der Waals surface area contributed by atoms with Crippen molar-refractivity contribution in [2.75, 3.05) is 39.8 Å². The number of piperazine rings is 1. The quantitative estimate of drug-likeness (QED) is 0.714. The fourth-order valence-corrected chi connectivity index (χ4v) is 6.01. The van der Waals surface area contributed by atoms with Crippen LogP contribution >= 0.6 is 24.8 Å². The maximum absolute atomic E-state index is 13.0. The van der Waals surface area contributed by atoms with Crippen molar-refractivity contribution in [2.24, 2.45) is 23.5 Å². The first-order valence-electron chi connectivity index (χ1n) is 11.1. The third-order valence-electron chi connectivity index (χ3n) is 7.82. The van der Waals surface area contributed by atoms with Crippen LogP contribution < -0.4 is 5.73 Å². The molecule has 3 saturated carbocycles. The zero-order chi connectivity index (χ0) is 19.0. The van der Waals surface area contributed by atoms with Crippen molar-refractivity contribution in [3.8, 4) is 0 Å². The van der Waals surface area contributed by atoms with Crippen LogP contribution in [0.3, 0.4) is 0 Å². The lowest BCUT2D eigenvalue weighted by Crippen LogP contribution is -2.55. The molecular weight excluding hydrogens is 411 g/mol. The van der Waals surface area contributed by atoms with E-state index in [1.165, 1.54) is 32.1 Å². The zero-order valence-electron chi connectivity index (χ0n) is 17.6. The first kappa shape index (κ1) is 24.7. The van der Waals surface area contributed by atoms with E-state index in [-0.39, 0.29) is 48.6 Å². The fraction of sp³-hybridized carbons (Fsp3) is 0.905. The molecule has 0 spiro atoms. The Balaban J connectivity index is 0.00000150. The van der Waals surface area contributed by atoms with Crippen LogP contribution in [0.15, 0.2) is 0 Å². The minimum Gasteiger partial charge on any atom is -0.342 e. The molecule has 4 aliphatic rings. The Morgan fingerprint density at radius 3 is 2.14 bits per heavy atom. The monoisotopic (exact) mass is 448 g/mol. The second-order valence-electron chi connectivity index (χ2n) is 9.33. The van der Waals surface area contributed by atoms with E-state index in [1.807, 2.05) is 16.8 Å². The molecule has 2 bridgehead atoms. The Morgan fingerprint density at radius 2 is 1.55 bits per heavy atom. The molecule has 1 heterocycles. The molecule has 8 heteroatoms. The maximum atomic E-state index is 13.0. The van der Waals surface area contributed by atoms with Gasteiger partial charge < -0.3 is 15.5 Å². The summed E-state index contributed by atoms with van der Waals surface area (Å²) in [4.78, 5) is 31.9. The van der Waals surface area contributed by atoms with Crippen molar-refractivity contribution in [3.63, 3.8) is 0 Å². The van der Waals surface area contributed by atoms with Gasteiger partial charge in [0.15, 0.2) is 0 Å². The summed E-state index contributed by atoms with van der Waals surface area (Å²) in [5.41, 5.74) is 6.36. The number of nitrogens with two attached hydrogens (primary N) is 1. The number of halogens is 2. The molecule has 4 atom stereocenters. The van der Waals surface area contributed by atoms with Gasteiger partial charge in [0.25, 0.3) is 0 Å². The average Bonchev–Trinajstić information content (AvgIpc) is 3.29. The average molecular weight is 449 g/mol. The van der Waals surface area contributed by atoms with Gasteiger partial charge in [-0.05, 0) is 43.9 Å². The number of rotatable bonds is 4. The molecule has 29 heavy (non-hydrogen) atoms. The van der Waals surface area contributed by atoms with E-state index >= 15 is 0 Å². The van der Waals surface area contributed by atoms with E-state index in [0.29, 0.717) is 24.4 Å². The molecule has 0 radical (unpaired) electrons. The van der Waals surface area contributed by atoms with Gasteiger partial charge in [-0.25, -0.2) is 0 Å². The van der Waals surface area contributed by atoms with Crippen LogP contribution in [0.1, 0.15) is 51.4 Å². The van der Waals surface area contributed by atoms with Gasteiger partial charge in [0.1, 0.15) is 0 Å². The largest absolute Gasteiger partial charge is 0.342 e. The SMILES string of the molecule is CN(C(=O)CN1CCN(C(=O)C2C3CCC(C3)C2N)CC1)C1CCCCC1.Cl.Cl. The number of nitrogens with zero attached hydrogens (tertiary/aromatic N) is 3. The van der Waals surface area contributed by atoms with E-state index in [9.17, 15) is 9.59 Å². The molecule has 3 aliphatic carbocycles. The van der Waals surface area contributed by atoms with Gasteiger partial charge in [-0.1, -0.05) is 19.3 Å². The summed E-state index contributed by atoms with van der Waals surface area (Å²) in [6.45, 7) is 3.56. The van der Waals surface area contributed by atoms with Crippen molar-refractivity contribution in [1.82, 2.24) is 14.7 Å². The molecule has 0 aromatic carbocycles. The second kappa shape index (κ2) is 10.7. The van der Waals surface area contributed by atoms with Crippen LogP contribution in [0.25, 0.3) is 0 Å². The summed E-state index contributed by atoms with van der Waals surface area (Å²) in [5, 5.41) is 0. The molecule has 6 nitrogen and oxygen atoms in total. The molecule has 2 N–H and O–H groups in total. The van der Waals surface area contributed by atoms with Crippen LogP contribution in [0.4, 0.5) is 0 Å². The number of likely N-dealkylation sites (N-methyl/N-ethyl adjacent to an activating group) is 1. The summed E-state index contributed by atoms with van der Waals surface area (Å²) in [7, 11) is 1.97. The number of carbonyl (C=O) groups excluding carboxylic acids is 2. The van der Waals surface area contributed by atoms with Gasteiger partial charge in [-0.2, -0.15) is 0 Å². The summed E-state index contributed by atoms with van der Waals surface area (Å²) in [6.07, 6.45) is 9.63. The van der Waals surface area contributed by atoms with Crippen LogP contribution in [-0.2, 0) is 9.59 Å². The Hall–Kier alpha value is -0.560. The van der Waals surface area contributed by atoms with Gasteiger partial charge in [0, 0.05) is 45.3 Å². The van der Waals surface area contributed by atoms with Crippen LogP contribution in [0, 0.1) is 17.8 Å². The van der Waals surface area contributed by atoms with Crippen LogP contribution in [0.5, 0.6) is 0 Å². The molecule has 0 aromatic rings. The number of hydrogen-bond donors (Lipinski definition) is 1. The second-order valence-corrected chi connectivity index (χ2v) is 9.33. The number of hydrogen-bond acceptors (Lipinski definition) is 4. The van der Waals surface area contributed by atoms with E-state index in [1.54, 1.807) is 0 Å². The van der Waals surface area contributed by atoms with E-state index in [0.717, 1.165) is 45.4 Å². The Morgan fingerprint density at radius 1 is 0.931 bits per heavy atom. The van der Waals surface area contributed by atoms with E-state index in [2.05, 4.69) is 4.90 Å². The van der Waals surface area contributed by atoms with Gasteiger partial charge >= 0.3 is 0 Å². The van der Waals surface area contributed by atoms with Gasteiger partial charge in [0.05, 0.1) is 12.5 Å². The Kier molecular flexibility index (Phi) is 9.07. The van der Waals surface area contributed by atoms with Crippen LogP contribution in [0.2, 0.25) is 0 Å². The topological polar surface area (TPSA) is 69.9 Å². The lowest BCUT2D eigenvalue weighted by atomic mass is 9.84. The minimum atomic E-state index is 0. The highest BCUT2D eigenvalue weighted by Crippen LogP contribution is 2.48. The molecule has 4 rings (SSSR count). The van der Waals surface area contributed by atoms with E-state index in [4.69, 9.17) is 5.73 Å². The van der Waals surface area contributed by atoms with Crippen molar-refractivity contribution >= 4 is 36.6 Å². The van der Waals surface area contributed by atoms with Gasteiger partial charge in [0.2, 0.25) is 11.8 Å². The van der Waals surface area contributed by atoms with Crippen LogP contribution in [-0.4, -0.2) is 78.4 Å². The predicted molar refractivity (Wildman–Crippen MR) is 119 cm³/mol. The van der Waals surface area contributed by atoms with Crippen molar-refractivity contribution in [1.29, 1.82) is 0 Å². The first-order chi connectivity index (χ1) is 13.0. The summed E-state index contributed by atoms with van der Waals surface area (Å²) >= 11 is 0. The molecule has 1 aliphatic heterocycles. The molecule has 4 fully saturated rings. The normalized spacial score (nSPS) is 32.4. The summed E-state index contributed by atoms with van der Waals surface area (Å²) < 4.78 is 0. The number of fused-ring (bicyclic) bond motifs is 2. The minimum absolute atomic E-state index is 0. The zero-order valence-corrected chi connectivity index (χ0v) is 19.3. The standard InChI is InChI=1S/C21H36N4O2.2ClH/c1-23(17-5-3-2-4-6-17)18(26)14-24-9-11-25(12-10-24)21(27)19-15-7-8-16(13-15)20(19)22;;/h15-17,19-20H,2-14,22H2,1H3;2*1H. The third-order valence-corrected chi connectivity index (χ3v) is 7.82. The number of amides is 2. The molecule has 0 aromatic heterocycles. The lowest BCUT2D eigenvalue weighted by molar-refractivity contribution is -0.140. The highest BCUT2D eigenvalue weighted by atomic mass is 35.5. The Labute approximate surface area is 187 Å². The van der Waals surface area contributed by atoms with Gasteiger partial charge in [-0.3, -0.25) is 14.5 Å². The molecule has 1 saturated heterocycles. The number of carbonyl (C=O) groups is 2. The fourth-order valence-electron chi connectivity index (χ4n) is 6.01. The smallest absolute Gasteiger partial charge is 0.236 e. The lowest BCUT2D eigenvalue weighted by Gasteiger charge is -2.39. The summed E-state index contributed by atoms with van der Waals surface area (Å²) in [6, 6.07) is 0.494. The van der Waals surface area contributed by atoms with Crippen molar-refractivity contribution < 1.29 is 9.59 Å². The molecule has 4 unspecified atom stereocenters. The third kappa shape index (κ3) is 5.20. The highest BCUT2D eigenvalue weighted by Gasteiger charge is 2.50. The molecular formula is C21H38Cl2N4O2. The van der Waals surface area contributed by atoms with Crippen molar-refractivity contribution in [2.45, 2.75) is 63.5 Å². The molecule has 2 amide bonds. The maximum Gasteiger partial charge on any atom is 0.236 e.